The largest absolute Gasteiger partial charge is 0.493 e. The summed E-state index contributed by atoms with van der Waals surface area (Å²) >= 11 is 0. The molecule has 0 saturated heterocycles. The van der Waals surface area contributed by atoms with Gasteiger partial charge < -0.3 is 4.74 Å². The molecule has 3 unspecified atom stereocenters. The van der Waals surface area contributed by atoms with Crippen molar-refractivity contribution in [1.29, 1.82) is 0 Å². The second-order valence-electron chi connectivity index (χ2n) is 5.06. The molecule has 3 atom stereocenters. The zero-order valence-corrected chi connectivity index (χ0v) is 9.06. The topological polar surface area (TPSA) is 9.23 Å². The number of benzene rings is 1. The maximum absolute atomic E-state index is 5.84. The van der Waals surface area contributed by atoms with Crippen LogP contribution in [0.3, 0.4) is 0 Å². The lowest BCUT2D eigenvalue weighted by Gasteiger charge is -2.21. The van der Waals surface area contributed by atoms with Gasteiger partial charge >= 0.3 is 0 Å². The van der Waals surface area contributed by atoms with Gasteiger partial charge in [-0.25, -0.2) is 0 Å². The predicted molar refractivity (Wildman–Crippen MR) is 60.9 cm³/mol. The van der Waals surface area contributed by atoms with Crippen molar-refractivity contribution in [3.8, 4) is 5.75 Å². The normalized spacial score (nSPS) is 33.2. The molecule has 0 heterocycles. The van der Waals surface area contributed by atoms with Crippen molar-refractivity contribution in [3.63, 3.8) is 0 Å². The highest BCUT2D eigenvalue weighted by molar-refractivity contribution is 5.20. The fourth-order valence-corrected chi connectivity index (χ4v) is 3.30. The third-order valence-corrected chi connectivity index (χ3v) is 4.09. The Morgan fingerprint density at radius 2 is 1.93 bits per heavy atom. The fourth-order valence-electron chi connectivity index (χ4n) is 3.30. The van der Waals surface area contributed by atoms with Gasteiger partial charge in [-0.15, -0.1) is 0 Å². The Morgan fingerprint density at radius 1 is 1.07 bits per heavy atom. The second-order valence-corrected chi connectivity index (χ2v) is 5.06. The molecule has 2 fully saturated rings. The predicted octanol–water partition coefficient (Wildman–Crippen LogP) is 3.50. The van der Waals surface area contributed by atoms with Gasteiger partial charge in [0.25, 0.3) is 0 Å². The van der Waals surface area contributed by atoms with Crippen LogP contribution in [0, 0.1) is 17.8 Å². The molecule has 1 nitrogen and oxygen atoms in total. The summed E-state index contributed by atoms with van der Waals surface area (Å²) in [6.45, 7) is 0.936. The van der Waals surface area contributed by atoms with Crippen LogP contribution in [0.15, 0.2) is 30.3 Å². The van der Waals surface area contributed by atoms with E-state index in [9.17, 15) is 0 Å². The summed E-state index contributed by atoms with van der Waals surface area (Å²) in [7, 11) is 0. The number of hydrogen-bond acceptors (Lipinski definition) is 1. The summed E-state index contributed by atoms with van der Waals surface area (Å²) in [6.07, 6.45) is 5.82. The van der Waals surface area contributed by atoms with Gasteiger partial charge in [-0.3, -0.25) is 0 Å². The van der Waals surface area contributed by atoms with Crippen LogP contribution in [-0.2, 0) is 0 Å². The number of rotatable bonds is 3. The number of ether oxygens (including phenoxy) is 1. The molecule has 15 heavy (non-hydrogen) atoms. The van der Waals surface area contributed by atoms with Crippen molar-refractivity contribution >= 4 is 0 Å². The van der Waals surface area contributed by atoms with Gasteiger partial charge in [0.15, 0.2) is 0 Å². The first kappa shape index (κ1) is 9.26. The Morgan fingerprint density at radius 3 is 2.60 bits per heavy atom. The molecule has 0 aromatic heterocycles. The Bertz CT molecular complexity index is 319. The molecule has 1 aromatic carbocycles. The Kier molecular flexibility index (Phi) is 2.40. The minimum absolute atomic E-state index is 0.837. The molecule has 0 spiro atoms. The Hall–Kier alpha value is -0.980. The van der Waals surface area contributed by atoms with Crippen LogP contribution in [0.25, 0.3) is 0 Å². The smallest absolute Gasteiger partial charge is 0.119 e. The molecular weight excluding hydrogens is 184 g/mol. The molecule has 80 valence electrons. The zero-order valence-electron chi connectivity index (χ0n) is 9.06. The van der Waals surface area contributed by atoms with Crippen molar-refractivity contribution in [2.45, 2.75) is 25.7 Å². The highest BCUT2D eigenvalue weighted by Crippen LogP contribution is 2.48. The van der Waals surface area contributed by atoms with Gasteiger partial charge in [0.2, 0.25) is 0 Å². The van der Waals surface area contributed by atoms with E-state index in [-0.39, 0.29) is 0 Å². The van der Waals surface area contributed by atoms with Crippen molar-refractivity contribution in [3.05, 3.63) is 30.3 Å². The van der Waals surface area contributed by atoms with Crippen molar-refractivity contribution in [2.75, 3.05) is 6.61 Å². The highest BCUT2D eigenvalue weighted by atomic mass is 16.5. The first-order valence-electron chi connectivity index (χ1n) is 6.09. The molecule has 2 bridgehead atoms. The zero-order chi connectivity index (χ0) is 10.1. The molecular formula is C14H18O. The molecule has 2 aliphatic rings. The van der Waals surface area contributed by atoms with E-state index in [2.05, 4.69) is 0 Å². The van der Waals surface area contributed by atoms with Crippen molar-refractivity contribution in [1.82, 2.24) is 0 Å². The average molecular weight is 202 g/mol. The molecule has 0 amide bonds. The molecule has 1 heteroatoms. The number of fused-ring (bicyclic) bond motifs is 2. The third kappa shape index (κ3) is 1.88. The molecule has 0 radical (unpaired) electrons. The van der Waals surface area contributed by atoms with Crippen LogP contribution in [0.4, 0.5) is 0 Å². The van der Waals surface area contributed by atoms with Gasteiger partial charge in [0.1, 0.15) is 5.75 Å². The fraction of sp³-hybridized carbons (Fsp3) is 0.571. The van der Waals surface area contributed by atoms with Gasteiger partial charge in [-0.2, -0.15) is 0 Å². The van der Waals surface area contributed by atoms with Crippen molar-refractivity contribution in [2.24, 2.45) is 17.8 Å². The van der Waals surface area contributed by atoms with Gasteiger partial charge in [0.05, 0.1) is 6.61 Å². The van der Waals surface area contributed by atoms with Gasteiger partial charge in [-0.1, -0.05) is 24.6 Å². The molecule has 1 aromatic rings. The van der Waals surface area contributed by atoms with E-state index >= 15 is 0 Å². The molecule has 2 saturated carbocycles. The molecule has 2 aliphatic carbocycles. The lowest BCUT2D eigenvalue weighted by Crippen LogP contribution is -2.18. The first-order valence-corrected chi connectivity index (χ1v) is 6.09. The maximum atomic E-state index is 5.84. The van der Waals surface area contributed by atoms with E-state index in [1.165, 1.54) is 25.7 Å². The van der Waals surface area contributed by atoms with Gasteiger partial charge in [-0.05, 0) is 49.1 Å². The quantitative estimate of drug-likeness (QED) is 0.729. The van der Waals surface area contributed by atoms with E-state index in [0.29, 0.717) is 0 Å². The van der Waals surface area contributed by atoms with Crippen LogP contribution < -0.4 is 4.74 Å². The maximum Gasteiger partial charge on any atom is 0.119 e. The Labute approximate surface area is 91.5 Å². The lowest BCUT2D eigenvalue weighted by atomic mass is 9.89. The number of hydrogen-bond donors (Lipinski definition) is 0. The van der Waals surface area contributed by atoms with Crippen molar-refractivity contribution < 1.29 is 4.74 Å². The average Bonchev–Trinajstić information content (AvgIpc) is 2.89. The second kappa shape index (κ2) is 3.88. The summed E-state index contributed by atoms with van der Waals surface area (Å²) in [4.78, 5) is 0. The van der Waals surface area contributed by atoms with E-state index in [4.69, 9.17) is 4.74 Å². The lowest BCUT2D eigenvalue weighted by molar-refractivity contribution is 0.195. The monoisotopic (exact) mass is 202 g/mol. The Balaban J connectivity index is 1.55. The van der Waals surface area contributed by atoms with Gasteiger partial charge in [0, 0.05) is 0 Å². The number of para-hydroxylation sites is 1. The van der Waals surface area contributed by atoms with E-state index < -0.39 is 0 Å². The van der Waals surface area contributed by atoms with Crippen LogP contribution in [0.1, 0.15) is 25.7 Å². The SMILES string of the molecule is c1ccc(OCC2CC3CCC2C3)cc1. The summed E-state index contributed by atoms with van der Waals surface area (Å²) in [5, 5.41) is 0. The standard InChI is InChI=1S/C14H18O/c1-2-4-14(5-3-1)15-10-13-9-11-6-7-12(13)8-11/h1-5,11-13H,6-10H2. The first-order chi connectivity index (χ1) is 7.42. The summed E-state index contributed by atoms with van der Waals surface area (Å²) < 4.78 is 5.84. The highest BCUT2D eigenvalue weighted by Gasteiger charge is 2.39. The third-order valence-electron chi connectivity index (χ3n) is 4.09. The summed E-state index contributed by atoms with van der Waals surface area (Å²) in [5.41, 5.74) is 0. The molecule has 0 N–H and O–H groups in total. The van der Waals surface area contributed by atoms with Crippen LogP contribution >= 0.6 is 0 Å². The van der Waals surface area contributed by atoms with Crippen LogP contribution in [0.5, 0.6) is 5.75 Å². The van der Waals surface area contributed by atoms with Crippen LogP contribution in [-0.4, -0.2) is 6.61 Å². The summed E-state index contributed by atoms with van der Waals surface area (Å²) in [5.74, 6) is 3.86. The molecule has 3 rings (SSSR count). The van der Waals surface area contributed by atoms with Crippen LogP contribution in [0.2, 0.25) is 0 Å². The molecule has 0 aliphatic heterocycles. The van der Waals surface area contributed by atoms with E-state index in [0.717, 1.165) is 30.1 Å². The minimum Gasteiger partial charge on any atom is -0.493 e. The van der Waals surface area contributed by atoms with E-state index in [1.807, 2.05) is 30.3 Å². The minimum atomic E-state index is 0.837. The summed E-state index contributed by atoms with van der Waals surface area (Å²) in [6, 6.07) is 10.2. The van der Waals surface area contributed by atoms with E-state index in [1.54, 1.807) is 0 Å².